The second-order valence-corrected chi connectivity index (χ2v) is 10.4. The summed E-state index contributed by atoms with van der Waals surface area (Å²) in [6, 6.07) is 22.6. The average Bonchev–Trinajstić information content (AvgIpc) is 2.67. The van der Waals surface area contributed by atoms with Gasteiger partial charge in [-0.2, -0.15) is 0 Å². The van der Waals surface area contributed by atoms with Crippen molar-refractivity contribution in [2.45, 2.75) is 38.5 Å². The maximum absolute atomic E-state index is 6.99. The average molecular weight is 356 g/mol. The van der Waals surface area contributed by atoms with Crippen molar-refractivity contribution in [3.8, 4) is 0 Å². The van der Waals surface area contributed by atoms with E-state index in [2.05, 4.69) is 79.8 Å². The molecule has 1 fully saturated rings. The number of hydrogen-bond donors (Lipinski definition) is 1. The third-order valence-electron chi connectivity index (χ3n) is 4.89. The molecule has 0 radical (unpaired) electrons. The van der Waals surface area contributed by atoms with E-state index in [9.17, 15) is 0 Å². The van der Waals surface area contributed by atoms with Crippen molar-refractivity contribution in [2.75, 3.05) is 19.7 Å². The summed E-state index contributed by atoms with van der Waals surface area (Å²) in [7, 11) is -2.39. The van der Waals surface area contributed by atoms with E-state index in [1.165, 1.54) is 10.4 Å². The quantitative estimate of drug-likeness (QED) is 0.775. The van der Waals surface area contributed by atoms with Gasteiger partial charge in [-0.1, -0.05) is 80.4 Å². The summed E-state index contributed by atoms with van der Waals surface area (Å²) in [4.78, 5) is 0. The van der Waals surface area contributed by atoms with Crippen LogP contribution in [0, 0.1) is 0 Å². The molecule has 1 saturated heterocycles. The Morgan fingerprint density at radius 2 is 1.64 bits per heavy atom. The lowest BCUT2D eigenvalue weighted by molar-refractivity contribution is -0.186. The van der Waals surface area contributed by atoms with Crippen molar-refractivity contribution < 1.29 is 9.16 Å². The minimum absolute atomic E-state index is 0.579. The van der Waals surface area contributed by atoms with Gasteiger partial charge >= 0.3 is 0 Å². The van der Waals surface area contributed by atoms with Crippen LogP contribution in [0.4, 0.5) is 0 Å². The predicted molar refractivity (Wildman–Crippen MR) is 106 cm³/mol. The van der Waals surface area contributed by atoms with E-state index in [0.29, 0.717) is 6.61 Å². The molecule has 4 heteroatoms. The minimum atomic E-state index is -2.39. The predicted octanol–water partition coefficient (Wildman–Crippen LogP) is 2.90. The lowest BCUT2D eigenvalue weighted by Gasteiger charge is -2.43. The molecule has 0 amide bonds. The van der Waals surface area contributed by atoms with Crippen molar-refractivity contribution in [1.82, 2.24) is 5.32 Å². The molecular weight excluding hydrogens is 326 g/mol. The maximum atomic E-state index is 6.99. The van der Waals surface area contributed by atoms with E-state index in [1.807, 2.05) is 0 Å². The second kappa shape index (κ2) is 8.28. The van der Waals surface area contributed by atoms with Gasteiger partial charge in [0.1, 0.15) is 0 Å². The van der Waals surface area contributed by atoms with Crippen molar-refractivity contribution in [3.05, 3.63) is 60.7 Å². The Morgan fingerprint density at radius 1 is 1.04 bits per heavy atom. The lowest BCUT2D eigenvalue weighted by Crippen LogP contribution is -2.67. The Labute approximate surface area is 152 Å². The molecule has 1 heterocycles. The highest BCUT2D eigenvalue weighted by molar-refractivity contribution is 6.97. The first-order chi connectivity index (χ1) is 12.2. The lowest BCUT2D eigenvalue weighted by atomic mass is 10.3. The van der Waals surface area contributed by atoms with Crippen LogP contribution in [0.2, 0.25) is 6.04 Å². The number of unbranched alkanes of at least 4 members (excludes halogenated alkanes) is 1. The van der Waals surface area contributed by atoms with Gasteiger partial charge in [0.05, 0.1) is 6.61 Å². The number of ether oxygens (including phenoxy) is 1. The molecular formula is C21H29NO2Si. The van der Waals surface area contributed by atoms with E-state index < -0.39 is 14.1 Å². The normalized spacial score (nSPS) is 21.2. The van der Waals surface area contributed by atoms with Gasteiger partial charge in [-0.05, 0) is 23.3 Å². The zero-order valence-corrected chi connectivity index (χ0v) is 16.3. The van der Waals surface area contributed by atoms with Crippen LogP contribution in [0.3, 0.4) is 0 Å². The molecule has 134 valence electrons. The van der Waals surface area contributed by atoms with E-state index in [-0.39, 0.29) is 0 Å². The van der Waals surface area contributed by atoms with E-state index in [1.54, 1.807) is 0 Å². The van der Waals surface area contributed by atoms with Gasteiger partial charge in [-0.25, -0.2) is 0 Å². The Kier molecular flexibility index (Phi) is 6.07. The number of hydrogen-bond acceptors (Lipinski definition) is 3. The molecule has 3 nitrogen and oxygen atoms in total. The number of nitrogens with one attached hydrogen (secondary N) is 1. The minimum Gasteiger partial charge on any atom is -0.380 e. The number of benzene rings is 2. The van der Waals surface area contributed by atoms with Gasteiger partial charge in [0, 0.05) is 13.1 Å². The first kappa shape index (κ1) is 18.3. The fourth-order valence-electron chi connectivity index (χ4n) is 3.60. The summed E-state index contributed by atoms with van der Waals surface area (Å²) in [6.45, 7) is 6.64. The molecule has 25 heavy (non-hydrogen) atoms. The fraction of sp³-hybridized carbons (Fsp3) is 0.429. The van der Waals surface area contributed by atoms with Gasteiger partial charge in [-0.15, -0.1) is 0 Å². The molecule has 1 aliphatic heterocycles. The van der Waals surface area contributed by atoms with E-state index in [4.69, 9.17) is 9.16 Å². The smallest absolute Gasteiger partial charge is 0.259 e. The standard InChI is InChI=1S/C21H29NO2Si/c1-3-4-17-25(19-11-7-5-8-12-19,20-13-9-6-10-14-20)24-21(2)18-22-15-16-23-21/h5-14,22H,3-4,15-18H2,1-2H3/t21-/m0/s1. The van der Waals surface area contributed by atoms with Crippen LogP contribution in [0.1, 0.15) is 26.7 Å². The third kappa shape index (κ3) is 4.21. The van der Waals surface area contributed by atoms with Gasteiger partial charge in [0.25, 0.3) is 8.32 Å². The van der Waals surface area contributed by atoms with E-state index in [0.717, 1.165) is 32.0 Å². The molecule has 1 atom stereocenters. The molecule has 3 rings (SSSR count). The van der Waals surface area contributed by atoms with Crippen LogP contribution in [-0.2, 0) is 9.16 Å². The van der Waals surface area contributed by atoms with Crippen molar-refractivity contribution >= 4 is 18.7 Å². The zero-order valence-electron chi connectivity index (χ0n) is 15.3. The van der Waals surface area contributed by atoms with Crippen LogP contribution in [0.5, 0.6) is 0 Å². The maximum Gasteiger partial charge on any atom is 0.259 e. The molecule has 0 spiro atoms. The van der Waals surface area contributed by atoms with Crippen LogP contribution in [0.15, 0.2) is 60.7 Å². The molecule has 0 unspecified atom stereocenters. The zero-order chi connectivity index (χ0) is 17.6. The van der Waals surface area contributed by atoms with Crippen LogP contribution >= 0.6 is 0 Å². The Balaban J connectivity index is 2.07. The summed E-state index contributed by atoms with van der Waals surface area (Å²) in [6.07, 6.45) is 2.31. The summed E-state index contributed by atoms with van der Waals surface area (Å²) in [5.74, 6) is -0.579. The fourth-order valence-corrected chi connectivity index (χ4v) is 8.03. The largest absolute Gasteiger partial charge is 0.380 e. The van der Waals surface area contributed by atoms with Crippen LogP contribution in [-0.4, -0.2) is 33.8 Å². The second-order valence-electron chi connectivity index (χ2n) is 6.92. The Hall–Kier alpha value is -1.46. The number of rotatable bonds is 7. The highest BCUT2D eigenvalue weighted by Crippen LogP contribution is 2.25. The molecule has 0 aromatic heterocycles. The highest BCUT2D eigenvalue weighted by Gasteiger charge is 2.45. The molecule has 1 aliphatic rings. The number of morpholine rings is 1. The molecule has 2 aromatic rings. The van der Waals surface area contributed by atoms with E-state index >= 15 is 0 Å². The molecule has 0 bridgehead atoms. The first-order valence-corrected chi connectivity index (χ1v) is 11.5. The topological polar surface area (TPSA) is 30.5 Å². The molecule has 0 aliphatic carbocycles. The van der Waals surface area contributed by atoms with Gasteiger partial charge in [0.2, 0.25) is 0 Å². The van der Waals surface area contributed by atoms with Crippen LogP contribution < -0.4 is 15.7 Å². The van der Waals surface area contributed by atoms with Crippen molar-refractivity contribution in [2.24, 2.45) is 0 Å². The van der Waals surface area contributed by atoms with Gasteiger partial charge in [-0.3, -0.25) is 0 Å². The van der Waals surface area contributed by atoms with Crippen LogP contribution in [0.25, 0.3) is 0 Å². The Morgan fingerprint density at radius 3 is 2.12 bits per heavy atom. The molecule has 0 saturated carbocycles. The third-order valence-corrected chi connectivity index (χ3v) is 9.25. The highest BCUT2D eigenvalue weighted by atomic mass is 28.4. The molecule has 1 N–H and O–H groups in total. The molecule has 2 aromatic carbocycles. The monoisotopic (exact) mass is 355 g/mol. The SMILES string of the molecule is CCCC[Si](O[C@@]1(C)CNCCO1)(c1ccccc1)c1ccccc1. The Bertz CT molecular complexity index is 602. The summed E-state index contributed by atoms with van der Waals surface area (Å²) in [5.41, 5.74) is 0. The van der Waals surface area contributed by atoms with Gasteiger partial charge in [0.15, 0.2) is 5.79 Å². The summed E-state index contributed by atoms with van der Waals surface area (Å²) < 4.78 is 13.1. The first-order valence-electron chi connectivity index (χ1n) is 9.34. The summed E-state index contributed by atoms with van der Waals surface area (Å²) >= 11 is 0. The summed E-state index contributed by atoms with van der Waals surface area (Å²) in [5, 5.41) is 6.08. The van der Waals surface area contributed by atoms with Crippen molar-refractivity contribution in [1.29, 1.82) is 0 Å². The van der Waals surface area contributed by atoms with Crippen molar-refractivity contribution in [3.63, 3.8) is 0 Å². The van der Waals surface area contributed by atoms with Gasteiger partial charge < -0.3 is 14.5 Å².